The zero-order valence-corrected chi connectivity index (χ0v) is 14.2. The van der Waals surface area contributed by atoms with Crippen molar-refractivity contribution < 1.29 is 31.8 Å². The lowest BCUT2D eigenvalue weighted by Crippen LogP contribution is -2.33. The Labute approximate surface area is 147 Å². The van der Waals surface area contributed by atoms with Crippen LogP contribution in [0.15, 0.2) is 65.1 Å². The smallest absolute Gasteiger partial charge is 0.264 e. The zero-order chi connectivity index (χ0) is 19.1. The van der Waals surface area contributed by atoms with Gasteiger partial charge in [-0.1, -0.05) is 18.2 Å². The van der Waals surface area contributed by atoms with Crippen molar-refractivity contribution in [1.82, 2.24) is 4.72 Å². The van der Waals surface area contributed by atoms with E-state index in [0.29, 0.717) is 0 Å². The monoisotopic (exact) mass is 381 g/mol. The Morgan fingerprint density at radius 1 is 1.12 bits per heavy atom. The van der Waals surface area contributed by atoms with Crippen LogP contribution in [-0.2, 0) is 25.2 Å². The first-order valence-corrected chi connectivity index (χ1v) is 8.84. The van der Waals surface area contributed by atoms with Gasteiger partial charge in [-0.2, -0.15) is 0 Å². The number of Topliss-reactive ketones (excluding diaryl/α,β-unsaturated/α-hetero) is 1. The highest BCUT2D eigenvalue weighted by Gasteiger charge is 2.50. The molecule has 0 aromatic heterocycles. The molecule has 136 valence electrons. The Hall–Kier alpha value is -2.94. The molecule has 1 aliphatic rings. The molecule has 3 rings (SSSR count). The van der Waals surface area contributed by atoms with Crippen molar-refractivity contribution in [2.45, 2.75) is 17.4 Å². The summed E-state index contributed by atoms with van der Waals surface area (Å²) in [7, 11) is -4.16. The van der Waals surface area contributed by atoms with E-state index in [-0.39, 0.29) is 4.90 Å². The molecule has 6 nitrogen and oxygen atoms in total. The minimum absolute atomic E-state index is 0.137. The van der Waals surface area contributed by atoms with Crippen LogP contribution in [0.1, 0.15) is 12.5 Å². The number of sulfonamides is 1. The SMILES string of the molecule is CC1(c2cc(F)ccc2F)OC(NS(=O)(=O)c2ccccc2)=C(O)C1=O. The van der Waals surface area contributed by atoms with Crippen LogP contribution in [0.4, 0.5) is 8.78 Å². The molecule has 0 bridgehead atoms. The highest BCUT2D eigenvalue weighted by Crippen LogP contribution is 2.38. The number of rotatable bonds is 4. The van der Waals surface area contributed by atoms with Crippen molar-refractivity contribution in [1.29, 1.82) is 0 Å². The Kier molecular flexibility index (Phi) is 4.19. The van der Waals surface area contributed by atoms with Gasteiger partial charge in [-0.05, 0) is 37.3 Å². The summed E-state index contributed by atoms with van der Waals surface area (Å²) in [5, 5.41) is 9.99. The van der Waals surface area contributed by atoms with Gasteiger partial charge in [-0.3, -0.25) is 4.79 Å². The standard InChI is InChI=1S/C17H13F2NO5S/c1-17(12-9-10(18)7-8-13(12)19)15(22)14(21)16(25-17)20-26(23,24)11-5-3-2-4-6-11/h2-9,20-21H,1H3. The number of nitrogens with one attached hydrogen (secondary N) is 1. The molecule has 1 atom stereocenters. The highest BCUT2D eigenvalue weighted by atomic mass is 32.2. The summed E-state index contributed by atoms with van der Waals surface area (Å²) in [6, 6.07) is 9.56. The molecule has 0 saturated carbocycles. The fourth-order valence-electron chi connectivity index (χ4n) is 2.52. The van der Waals surface area contributed by atoms with E-state index in [2.05, 4.69) is 0 Å². The fraction of sp³-hybridized carbons (Fsp3) is 0.118. The van der Waals surface area contributed by atoms with Crippen LogP contribution in [0.2, 0.25) is 0 Å². The molecular weight excluding hydrogens is 368 g/mol. The van der Waals surface area contributed by atoms with Crippen molar-refractivity contribution in [2.75, 3.05) is 0 Å². The van der Waals surface area contributed by atoms with E-state index < -0.39 is 50.2 Å². The molecule has 0 aliphatic carbocycles. The number of benzene rings is 2. The number of halogens is 2. The van der Waals surface area contributed by atoms with Crippen molar-refractivity contribution >= 4 is 15.8 Å². The maximum Gasteiger partial charge on any atom is 0.264 e. The Morgan fingerprint density at radius 2 is 1.77 bits per heavy atom. The zero-order valence-electron chi connectivity index (χ0n) is 13.4. The number of carbonyl (C=O) groups is 1. The maximum absolute atomic E-state index is 14.1. The molecule has 9 heteroatoms. The van der Waals surface area contributed by atoms with Crippen LogP contribution in [0.5, 0.6) is 0 Å². The van der Waals surface area contributed by atoms with Crippen LogP contribution in [-0.4, -0.2) is 19.3 Å². The van der Waals surface area contributed by atoms with E-state index in [1.807, 2.05) is 4.72 Å². The molecule has 2 N–H and O–H groups in total. The van der Waals surface area contributed by atoms with Gasteiger partial charge < -0.3 is 9.84 Å². The van der Waals surface area contributed by atoms with E-state index in [9.17, 15) is 27.1 Å². The highest BCUT2D eigenvalue weighted by molar-refractivity contribution is 7.89. The van der Waals surface area contributed by atoms with Crippen molar-refractivity contribution in [3.8, 4) is 0 Å². The van der Waals surface area contributed by atoms with Crippen LogP contribution in [0, 0.1) is 11.6 Å². The van der Waals surface area contributed by atoms with E-state index in [0.717, 1.165) is 25.1 Å². The van der Waals surface area contributed by atoms with Crippen LogP contribution in [0.25, 0.3) is 0 Å². The van der Waals surface area contributed by atoms with Crippen LogP contribution < -0.4 is 4.72 Å². The first-order valence-electron chi connectivity index (χ1n) is 7.35. The largest absolute Gasteiger partial charge is 0.501 e. The number of hydrogen-bond acceptors (Lipinski definition) is 5. The summed E-state index contributed by atoms with van der Waals surface area (Å²) in [5.74, 6) is -4.66. The molecular formula is C17H13F2NO5S. The topological polar surface area (TPSA) is 92.7 Å². The Bertz CT molecular complexity index is 1020. The lowest BCUT2D eigenvalue weighted by molar-refractivity contribution is -0.132. The second-order valence-electron chi connectivity index (χ2n) is 5.68. The number of hydrogen-bond donors (Lipinski definition) is 2. The first-order chi connectivity index (χ1) is 12.1. The minimum Gasteiger partial charge on any atom is -0.501 e. The lowest BCUT2D eigenvalue weighted by Gasteiger charge is -2.24. The summed E-state index contributed by atoms with van der Waals surface area (Å²) in [6.45, 7) is 1.10. The molecule has 26 heavy (non-hydrogen) atoms. The third-order valence-corrected chi connectivity index (χ3v) is 5.24. The summed E-state index contributed by atoms with van der Waals surface area (Å²) in [5.41, 5.74) is -2.59. The number of ether oxygens (including phenoxy) is 1. The van der Waals surface area contributed by atoms with Crippen molar-refractivity contribution in [3.63, 3.8) is 0 Å². The molecule has 0 saturated heterocycles. The third-order valence-electron chi connectivity index (χ3n) is 3.89. The summed E-state index contributed by atoms with van der Waals surface area (Å²) >= 11 is 0. The maximum atomic E-state index is 14.1. The molecule has 0 spiro atoms. The summed E-state index contributed by atoms with van der Waals surface area (Å²) in [6.07, 6.45) is 0. The van der Waals surface area contributed by atoms with Gasteiger partial charge >= 0.3 is 0 Å². The van der Waals surface area contributed by atoms with E-state index in [1.54, 1.807) is 6.07 Å². The van der Waals surface area contributed by atoms with Crippen molar-refractivity contribution in [3.05, 3.63) is 77.4 Å². The third kappa shape index (κ3) is 2.90. The van der Waals surface area contributed by atoms with E-state index in [1.165, 1.54) is 24.3 Å². The predicted molar refractivity (Wildman–Crippen MR) is 86.2 cm³/mol. The summed E-state index contributed by atoms with van der Waals surface area (Å²) < 4.78 is 59.4. The molecule has 2 aromatic rings. The van der Waals surface area contributed by atoms with Gasteiger partial charge in [0.05, 0.1) is 4.90 Å². The second kappa shape index (κ2) is 6.10. The van der Waals surface area contributed by atoms with Gasteiger partial charge in [0.25, 0.3) is 15.8 Å². The molecule has 1 aliphatic heterocycles. The van der Waals surface area contributed by atoms with E-state index >= 15 is 0 Å². The average Bonchev–Trinajstić information content (AvgIpc) is 2.82. The fourth-order valence-corrected chi connectivity index (χ4v) is 3.53. The lowest BCUT2D eigenvalue weighted by atomic mass is 9.91. The molecule has 0 fully saturated rings. The number of aliphatic hydroxyl groups excluding tert-OH is 1. The van der Waals surface area contributed by atoms with E-state index in [4.69, 9.17) is 4.74 Å². The molecule has 2 aromatic carbocycles. The predicted octanol–water partition coefficient (Wildman–Crippen LogP) is 2.48. The van der Waals surface area contributed by atoms with Crippen LogP contribution >= 0.6 is 0 Å². The molecule has 0 radical (unpaired) electrons. The number of carbonyl (C=O) groups excluding carboxylic acids is 1. The number of aliphatic hydroxyl groups is 1. The first kappa shape index (κ1) is 17.9. The van der Waals surface area contributed by atoms with Crippen molar-refractivity contribution in [2.24, 2.45) is 0 Å². The number of ketones is 1. The van der Waals surface area contributed by atoms with Gasteiger partial charge in [0.15, 0.2) is 0 Å². The van der Waals surface area contributed by atoms with Gasteiger partial charge in [0.2, 0.25) is 17.2 Å². The van der Waals surface area contributed by atoms with Crippen LogP contribution in [0.3, 0.4) is 0 Å². The van der Waals surface area contributed by atoms with Gasteiger partial charge in [-0.15, -0.1) is 0 Å². The van der Waals surface area contributed by atoms with Gasteiger partial charge in [0, 0.05) is 5.56 Å². The van der Waals surface area contributed by atoms with Gasteiger partial charge in [-0.25, -0.2) is 21.9 Å². The quantitative estimate of drug-likeness (QED) is 0.849. The second-order valence-corrected chi connectivity index (χ2v) is 7.37. The minimum atomic E-state index is -4.16. The average molecular weight is 381 g/mol. The summed E-state index contributed by atoms with van der Waals surface area (Å²) in [4.78, 5) is 12.2. The molecule has 1 unspecified atom stereocenters. The normalized spacial score (nSPS) is 20.2. The molecule has 1 heterocycles. The van der Waals surface area contributed by atoms with Gasteiger partial charge in [0.1, 0.15) is 11.6 Å². The molecule has 0 amide bonds. The Balaban J connectivity index is 1.97. The Morgan fingerprint density at radius 3 is 2.42 bits per heavy atom.